The summed E-state index contributed by atoms with van der Waals surface area (Å²) in [6.45, 7) is 0.699. The van der Waals surface area contributed by atoms with Crippen molar-refractivity contribution in [3.63, 3.8) is 0 Å². The van der Waals surface area contributed by atoms with E-state index in [9.17, 15) is 4.79 Å². The zero-order valence-corrected chi connectivity index (χ0v) is 12.3. The summed E-state index contributed by atoms with van der Waals surface area (Å²) in [6.07, 6.45) is 3.65. The largest absolute Gasteiger partial charge is 0.467 e. The van der Waals surface area contributed by atoms with Crippen LogP contribution in [0.5, 0.6) is 0 Å². The van der Waals surface area contributed by atoms with Gasteiger partial charge < -0.3 is 9.73 Å². The highest BCUT2D eigenvalue weighted by atomic mass is 35.5. The van der Waals surface area contributed by atoms with E-state index in [0.717, 1.165) is 29.2 Å². The lowest BCUT2D eigenvalue weighted by molar-refractivity contribution is -0.120. The van der Waals surface area contributed by atoms with Gasteiger partial charge >= 0.3 is 0 Å². The average Bonchev–Trinajstić information content (AvgIpc) is 3.10. The summed E-state index contributed by atoms with van der Waals surface area (Å²) in [5, 5.41) is 6.89. The van der Waals surface area contributed by atoms with E-state index in [1.54, 1.807) is 12.3 Å². The van der Waals surface area contributed by atoms with Crippen molar-refractivity contribution in [1.82, 2.24) is 10.6 Å². The van der Waals surface area contributed by atoms with Crippen molar-refractivity contribution < 1.29 is 9.21 Å². The molecule has 3 rings (SSSR count). The van der Waals surface area contributed by atoms with Crippen LogP contribution in [0.1, 0.15) is 24.2 Å². The highest BCUT2D eigenvalue weighted by Crippen LogP contribution is 2.45. The van der Waals surface area contributed by atoms with E-state index >= 15 is 0 Å². The Morgan fingerprint density at radius 1 is 1.29 bits per heavy atom. The van der Waals surface area contributed by atoms with Gasteiger partial charge in [0.2, 0.25) is 5.91 Å². The van der Waals surface area contributed by atoms with Crippen LogP contribution in [-0.2, 0) is 16.9 Å². The fourth-order valence-electron chi connectivity index (χ4n) is 2.39. The molecule has 0 radical (unpaired) electrons. The third-order valence-electron chi connectivity index (χ3n) is 3.75. The van der Waals surface area contributed by atoms with Gasteiger partial charge in [-0.05, 0) is 42.7 Å². The molecule has 0 bridgehead atoms. The van der Waals surface area contributed by atoms with Crippen LogP contribution in [-0.4, -0.2) is 12.5 Å². The summed E-state index contributed by atoms with van der Waals surface area (Å²) >= 11 is 6.03. The maximum atomic E-state index is 11.9. The van der Waals surface area contributed by atoms with Gasteiger partial charge in [0, 0.05) is 10.6 Å². The number of furan rings is 1. The fraction of sp³-hybridized carbons (Fsp3) is 0.312. The number of carbonyl (C=O) groups is 1. The quantitative estimate of drug-likeness (QED) is 0.863. The molecule has 1 heterocycles. The normalized spacial score (nSPS) is 15.7. The van der Waals surface area contributed by atoms with Crippen LogP contribution in [0.2, 0.25) is 5.02 Å². The zero-order valence-electron chi connectivity index (χ0n) is 11.6. The number of rotatable bonds is 6. The molecule has 110 valence electrons. The molecule has 21 heavy (non-hydrogen) atoms. The van der Waals surface area contributed by atoms with Crippen LogP contribution >= 0.6 is 11.6 Å². The first-order valence-electron chi connectivity index (χ1n) is 6.98. The molecular weight excluding hydrogens is 288 g/mol. The molecular formula is C16H17ClN2O2. The van der Waals surface area contributed by atoms with E-state index in [0.29, 0.717) is 6.54 Å². The first-order chi connectivity index (χ1) is 10.2. The second-order valence-electron chi connectivity index (χ2n) is 5.30. The van der Waals surface area contributed by atoms with Gasteiger partial charge in [0.1, 0.15) is 5.76 Å². The predicted octanol–water partition coefficient (Wildman–Crippen LogP) is 2.83. The van der Waals surface area contributed by atoms with Gasteiger partial charge in [0.15, 0.2) is 0 Å². The van der Waals surface area contributed by atoms with Crippen LogP contribution in [0.3, 0.4) is 0 Å². The number of halogens is 1. The van der Waals surface area contributed by atoms with Crippen molar-refractivity contribution in [3.05, 3.63) is 59.0 Å². The van der Waals surface area contributed by atoms with Gasteiger partial charge in [-0.1, -0.05) is 23.7 Å². The Balaban J connectivity index is 1.51. The minimum Gasteiger partial charge on any atom is -0.467 e. The fourth-order valence-corrected chi connectivity index (χ4v) is 2.58. The molecule has 1 amide bonds. The van der Waals surface area contributed by atoms with Gasteiger partial charge in [-0.2, -0.15) is 0 Å². The van der Waals surface area contributed by atoms with Gasteiger partial charge in [0.05, 0.1) is 19.4 Å². The van der Waals surface area contributed by atoms with E-state index < -0.39 is 0 Å². The van der Waals surface area contributed by atoms with E-state index in [-0.39, 0.29) is 18.0 Å². The number of hydrogen-bond donors (Lipinski definition) is 2. The lowest BCUT2D eigenvalue weighted by Crippen LogP contribution is -2.39. The highest BCUT2D eigenvalue weighted by Gasteiger charge is 2.44. The predicted molar refractivity (Wildman–Crippen MR) is 80.9 cm³/mol. The molecule has 0 saturated heterocycles. The van der Waals surface area contributed by atoms with Crippen LogP contribution in [0, 0.1) is 0 Å². The van der Waals surface area contributed by atoms with E-state index in [4.69, 9.17) is 16.0 Å². The van der Waals surface area contributed by atoms with Crippen LogP contribution in [0.15, 0.2) is 47.1 Å². The molecule has 0 unspecified atom stereocenters. The second kappa shape index (κ2) is 5.92. The molecule has 4 nitrogen and oxygen atoms in total. The van der Waals surface area contributed by atoms with Crippen LogP contribution in [0.25, 0.3) is 0 Å². The number of benzene rings is 1. The van der Waals surface area contributed by atoms with E-state index in [1.807, 2.05) is 30.3 Å². The van der Waals surface area contributed by atoms with Crippen molar-refractivity contribution in [2.24, 2.45) is 0 Å². The summed E-state index contributed by atoms with van der Waals surface area (Å²) in [7, 11) is 0. The molecule has 1 fully saturated rings. The molecule has 1 saturated carbocycles. The molecule has 1 aliphatic rings. The Kier molecular flexibility index (Phi) is 3.99. The van der Waals surface area contributed by atoms with Crippen molar-refractivity contribution >= 4 is 17.5 Å². The molecule has 1 aliphatic carbocycles. The molecule has 2 N–H and O–H groups in total. The minimum atomic E-state index is -0.0904. The topological polar surface area (TPSA) is 54.3 Å². The first kappa shape index (κ1) is 14.2. The molecule has 1 aromatic heterocycles. The van der Waals surface area contributed by atoms with Gasteiger partial charge in [-0.15, -0.1) is 0 Å². The lowest BCUT2D eigenvalue weighted by Gasteiger charge is -2.18. The number of carbonyl (C=O) groups excluding carboxylic acids is 1. The maximum Gasteiger partial charge on any atom is 0.234 e. The van der Waals surface area contributed by atoms with E-state index in [2.05, 4.69) is 10.6 Å². The summed E-state index contributed by atoms with van der Waals surface area (Å²) in [5.41, 5.74) is 1.06. The monoisotopic (exact) mass is 304 g/mol. The lowest BCUT2D eigenvalue weighted by atomic mass is 10.1. The molecule has 0 spiro atoms. The molecule has 1 aromatic carbocycles. The first-order valence-corrected chi connectivity index (χ1v) is 7.36. The summed E-state index contributed by atoms with van der Waals surface area (Å²) in [5.74, 6) is 0.707. The van der Waals surface area contributed by atoms with Crippen molar-refractivity contribution in [1.29, 1.82) is 0 Å². The van der Waals surface area contributed by atoms with Crippen molar-refractivity contribution in [3.8, 4) is 0 Å². The van der Waals surface area contributed by atoms with Crippen LogP contribution < -0.4 is 10.6 Å². The zero-order chi connectivity index (χ0) is 14.7. The summed E-state index contributed by atoms with van der Waals surface area (Å²) in [6, 6.07) is 11.4. The summed E-state index contributed by atoms with van der Waals surface area (Å²) in [4.78, 5) is 11.9. The van der Waals surface area contributed by atoms with Gasteiger partial charge in [-0.3, -0.25) is 10.1 Å². The molecule has 0 atom stereocenters. The second-order valence-corrected chi connectivity index (χ2v) is 5.74. The number of nitrogens with one attached hydrogen (secondary N) is 2. The minimum absolute atomic E-state index is 0.0419. The third kappa shape index (κ3) is 3.46. The maximum absolute atomic E-state index is 11.9. The molecule has 2 aromatic rings. The standard InChI is InChI=1S/C16H17ClN2O2/c17-13-4-1-3-12(9-13)16(6-7-16)19-11-15(20)18-10-14-5-2-8-21-14/h1-5,8-9,19H,6-7,10-11H2,(H,18,20). The SMILES string of the molecule is O=C(CNC1(c2cccc(Cl)c2)CC1)NCc1ccco1. The number of hydrogen-bond acceptors (Lipinski definition) is 3. The molecule has 0 aliphatic heterocycles. The Morgan fingerprint density at radius 2 is 2.14 bits per heavy atom. The van der Waals surface area contributed by atoms with Gasteiger partial charge in [0.25, 0.3) is 0 Å². The van der Waals surface area contributed by atoms with Gasteiger partial charge in [-0.25, -0.2) is 0 Å². The third-order valence-corrected chi connectivity index (χ3v) is 3.99. The van der Waals surface area contributed by atoms with Crippen LogP contribution in [0.4, 0.5) is 0 Å². The summed E-state index contributed by atoms with van der Waals surface area (Å²) < 4.78 is 5.17. The van der Waals surface area contributed by atoms with E-state index in [1.165, 1.54) is 0 Å². The Labute approximate surface area is 128 Å². The smallest absolute Gasteiger partial charge is 0.234 e. The van der Waals surface area contributed by atoms with Crippen molar-refractivity contribution in [2.75, 3.05) is 6.54 Å². The Bertz CT molecular complexity index is 621. The molecule has 5 heteroatoms. The average molecular weight is 305 g/mol. The Morgan fingerprint density at radius 3 is 2.81 bits per heavy atom. The highest BCUT2D eigenvalue weighted by molar-refractivity contribution is 6.30. The Hall–Kier alpha value is -1.78. The van der Waals surface area contributed by atoms with Crippen molar-refractivity contribution in [2.45, 2.75) is 24.9 Å². The number of amides is 1.